The zero-order chi connectivity index (χ0) is 26.8. The summed E-state index contributed by atoms with van der Waals surface area (Å²) in [6.45, 7) is 6.81. The second-order valence-electron chi connectivity index (χ2n) is 10.2. The number of nitrogens with zero attached hydrogens (tertiary/aromatic N) is 5. The molecule has 39 heavy (non-hydrogen) atoms. The molecule has 4 heterocycles. The number of benzene rings is 1. The fourth-order valence-electron chi connectivity index (χ4n) is 5.32. The number of methoxy groups -OCH3 is 1. The number of fused-ring (bicyclic) bond motifs is 1. The topological polar surface area (TPSA) is 96.5 Å². The van der Waals surface area contributed by atoms with Gasteiger partial charge in [-0.2, -0.15) is 0 Å². The summed E-state index contributed by atoms with van der Waals surface area (Å²) < 4.78 is 11.7. The Kier molecular flexibility index (Phi) is 7.15. The highest BCUT2D eigenvalue weighted by molar-refractivity contribution is 5.92. The highest BCUT2D eigenvalue weighted by atomic mass is 16.5. The highest BCUT2D eigenvalue weighted by Gasteiger charge is 2.34. The Hall–Kier alpha value is -3.98. The summed E-state index contributed by atoms with van der Waals surface area (Å²) in [5.74, 6) is 2.90. The van der Waals surface area contributed by atoms with E-state index in [-0.39, 0.29) is 0 Å². The predicted octanol–water partition coefficient (Wildman–Crippen LogP) is 4.07. The van der Waals surface area contributed by atoms with Crippen LogP contribution in [0.3, 0.4) is 0 Å². The van der Waals surface area contributed by atoms with Crippen molar-refractivity contribution >= 4 is 16.9 Å². The fourth-order valence-corrected chi connectivity index (χ4v) is 5.32. The van der Waals surface area contributed by atoms with Crippen molar-refractivity contribution in [2.75, 3.05) is 39.9 Å². The average molecular weight is 527 g/mol. The summed E-state index contributed by atoms with van der Waals surface area (Å²) in [5, 5.41) is 0. The Morgan fingerprint density at radius 3 is 2.69 bits per heavy atom. The molecule has 1 N–H and O–H groups in total. The van der Waals surface area contributed by atoms with Gasteiger partial charge in [0.05, 0.1) is 25.4 Å². The van der Waals surface area contributed by atoms with Crippen LogP contribution in [0.4, 0.5) is 0 Å². The smallest absolute Gasteiger partial charge is 0.225 e. The van der Waals surface area contributed by atoms with Gasteiger partial charge in [0.15, 0.2) is 5.75 Å². The number of aromatic amines is 1. The number of hydrogen-bond acceptors (Lipinski definition) is 7. The first kappa shape index (κ1) is 25.3. The number of carbonyl (C=O) groups is 1. The van der Waals surface area contributed by atoms with E-state index in [0.717, 1.165) is 85.0 Å². The maximum absolute atomic E-state index is 12.4. The van der Waals surface area contributed by atoms with E-state index >= 15 is 0 Å². The lowest BCUT2D eigenvalue weighted by molar-refractivity contribution is -0.134. The molecule has 0 bridgehead atoms. The highest BCUT2D eigenvalue weighted by Crippen LogP contribution is 2.40. The zero-order valence-corrected chi connectivity index (χ0v) is 22.5. The fraction of sp³-hybridized carbons (Fsp3) is 0.400. The second kappa shape index (κ2) is 11.0. The normalized spacial score (nSPS) is 16.0. The van der Waals surface area contributed by atoms with Crippen molar-refractivity contribution in [2.24, 2.45) is 5.92 Å². The van der Waals surface area contributed by atoms with Crippen molar-refractivity contribution in [3.05, 3.63) is 66.0 Å². The Balaban J connectivity index is 1.18. The van der Waals surface area contributed by atoms with Crippen molar-refractivity contribution in [1.82, 2.24) is 29.7 Å². The largest absolute Gasteiger partial charge is 0.494 e. The van der Waals surface area contributed by atoms with Crippen LogP contribution >= 0.6 is 0 Å². The molecule has 0 unspecified atom stereocenters. The number of imidazole rings is 1. The van der Waals surface area contributed by atoms with Gasteiger partial charge >= 0.3 is 0 Å². The van der Waals surface area contributed by atoms with E-state index in [2.05, 4.69) is 32.0 Å². The number of hydrogen-bond donors (Lipinski definition) is 1. The quantitative estimate of drug-likeness (QED) is 0.351. The molecule has 6 rings (SSSR count). The SMILES string of the molecule is CCOc1c(-c2ccncc2OC)ccc2[nH]c(Cc3cc(CN4CCN(C(=O)C5CC5)CC4)ccn3)nc12. The summed E-state index contributed by atoms with van der Waals surface area (Å²) in [6, 6.07) is 10.2. The van der Waals surface area contributed by atoms with Crippen LogP contribution in [-0.2, 0) is 17.8 Å². The molecule has 9 heteroatoms. The van der Waals surface area contributed by atoms with Crippen molar-refractivity contribution < 1.29 is 14.3 Å². The van der Waals surface area contributed by atoms with Gasteiger partial charge in [-0.25, -0.2) is 4.98 Å². The number of rotatable bonds is 9. The maximum atomic E-state index is 12.4. The average Bonchev–Trinajstić information content (AvgIpc) is 3.73. The zero-order valence-electron chi connectivity index (χ0n) is 22.5. The Labute approximate surface area is 228 Å². The Bertz CT molecular complexity index is 1470. The predicted molar refractivity (Wildman–Crippen MR) is 149 cm³/mol. The summed E-state index contributed by atoms with van der Waals surface area (Å²) in [4.78, 5) is 34.0. The minimum atomic E-state index is 0.298. The summed E-state index contributed by atoms with van der Waals surface area (Å²) in [7, 11) is 1.64. The third kappa shape index (κ3) is 5.45. The van der Waals surface area contributed by atoms with Gasteiger partial charge in [-0.3, -0.25) is 19.7 Å². The lowest BCUT2D eigenvalue weighted by Crippen LogP contribution is -2.48. The van der Waals surface area contributed by atoms with Crippen molar-refractivity contribution in [1.29, 1.82) is 0 Å². The molecule has 2 fully saturated rings. The van der Waals surface area contributed by atoms with Gasteiger partial charge in [-0.15, -0.1) is 0 Å². The number of pyridine rings is 2. The molecule has 1 saturated heterocycles. The molecular weight excluding hydrogens is 492 g/mol. The number of H-pyrrole nitrogens is 1. The van der Waals surface area contributed by atoms with Crippen LogP contribution in [0, 0.1) is 5.92 Å². The molecule has 3 aromatic heterocycles. The van der Waals surface area contributed by atoms with Gasteiger partial charge in [0.1, 0.15) is 17.1 Å². The van der Waals surface area contributed by atoms with Gasteiger partial charge in [0.2, 0.25) is 5.91 Å². The standard InChI is InChI=1S/C30H34N6O3/c1-3-39-29-24(23-9-10-31-18-26(23)38-2)6-7-25-28(29)34-27(33-25)17-22-16-20(8-11-32-22)19-35-12-14-36(15-13-35)30(37)21-4-5-21/h6-11,16,18,21H,3-5,12-15,17,19H2,1-2H3,(H,33,34). The summed E-state index contributed by atoms with van der Waals surface area (Å²) in [5.41, 5.74) is 5.72. The molecule has 0 spiro atoms. The van der Waals surface area contributed by atoms with E-state index < -0.39 is 0 Å². The second-order valence-corrected chi connectivity index (χ2v) is 10.2. The molecule has 2 aliphatic rings. The molecular formula is C30H34N6O3. The van der Waals surface area contributed by atoms with E-state index in [9.17, 15) is 4.79 Å². The Morgan fingerprint density at radius 1 is 1.08 bits per heavy atom. The minimum absolute atomic E-state index is 0.298. The van der Waals surface area contributed by atoms with Gasteiger partial charge in [-0.1, -0.05) is 0 Å². The number of ether oxygens (including phenoxy) is 2. The number of piperazine rings is 1. The number of amides is 1. The number of nitrogens with one attached hydrogen (secondary N) is 1. The lowest BCUT2D eigenvalue weighted by atomic mass is 10.0. The molecule has 1 saturated carbocycles. The number of aromatic nitrogens is 4. The van der Waals surface area contributed by atoms with Gasteiger partial charge in [0, 0.05) is 74.3 Å². The molecule has 0 radical (unpaired) electrons. The summed E-state index contributed by atoms with van der Waals surface area (Å²) >= 11 is 0. The van der Waals surface area contributed by atoms with E-state index in [1.54, 1.807) is 19.5 Å². The first-order chi connectivity index (χ1) is 19.1. The molecule has 1 aromatic carbocycles. The van der Waals surface area contributed by atoms with Crippen LogP contribution in [0.25, 0.3) is 22.2 Å². The van der Waals surface area contributed by atoms with Crippen LogP contribution < -0.4 is 9.47 Å². The van der Waals surface area contributed by atoms with Crippen molar-refractivity contribution in [2.45, 2.75) is 32.7 Å². The van der Waals surface area contributed by atoms with Crippen LogP contribution in [0.2, 0.25) is 0 Å². The first-order valence-electron chi connectivity index (χ1n) is 13.7. The molecule has 1 aliphatic carbocycles. The third-order valence-corrected chi connectivity index (χ3v) is 7.49. The van der Waals surface area contributed by atoms with Gasteiger partial charge < -0.3 is 19.4 Å². The molecule has 202 valence electrons. The summed E-state index contributed by atoms with van der Waals surface area (Å²) in [6.07, 6.45) is 8.05. The van der Waals surface area contributed by atoms with Crippen LogP contribution in [0.1, 0.15) is 36.8 Å². The van der Waals surface area contributed by atoms with Gasteiger partial charge in [0.25, 0.3) is 0 Å². The van der Waals surface area contributed by atoms with Crippen molar-refractivity contribution in [3.8, 4) is 22.6 Å². The molecule has 1 aliphatic heterocycles. The molecule has 0 atom stereocenters. The third-order valence-electron chi connectivity index (χ3n) is 7.49. The molecule has 4 aromatic rings. The van der Waals surface area contributed by atoms with Crippen LogP contribution in [0.5, 0.6) is 11.5 Å². The van der Waals surface area contributed by atoms with E-state index in [4.69, 9.17) is 14.5 Å². The molecule has 9 nitrogen and oxygen atoms in total. The Morgan fingerprint density at radius 2 is 1.92 bits per heavy atom. The lowest BCUT2D eigenvalue weighted by Gasteiger charge is -2.35. The first-order valence-corrected chi connectivity index (χ1v) is 13.7. The van der Waals surface area contributed by atoms with E-state index in [1.165, 1.54) is 5.56 Å². The molecule has 1 amide bonds. The van der Waals surface area contributed by atoms with Gasteiger partial charge in [-0.05, 0) is 55.7 Å². The maximum Gasteiger partial charge on any atom is 0.225 e. The number of carbonyl (C=O) groups excluding carboxylic acids is 1. The van der Waals surface area contributed by atoms with E-state index in [0.29, 0.717) is 30.6 Å². The van der Waals surface area contributed by atoms with Crippen LogP contribution in [-0.4, -0.2) is 75.5 Å². The monoisotopic (exact) mass is 526 g/mol. The van der Waals surface area contributed by atoms with E-state index in [1.807, 2.05) is 36.2 Å². The van der Waals surface area contributed by atoms with Crippen LogP contribution in [0.15, 0.2) is 48.9 Å². The minimum Gasteiger partial charge on any atom is -0.494 e. The van der Waals surface area contributed by atoms with Crippen molar-refractivity contribution in [3.63, 3.8) is 0 Å².